The highest BCUT2D eigenvalue weighted by Gasteiger charge is 2.17. The van der Waals surface area contributed by atoms with Crippen molar-refractivity contribution in [1.82, 2.24) is 0 Å². The molecular weight excluding hydrogens is 118 g/mol. The van der Waals surface area contributed by atoms with E-state index in [-0.39, 0.29) is 0 Å². The maximum Gasteiger partial charge on any atom is 0.236 e. The van der Waals surface area contributed by atoms with Gasteiger partial charge in [0.25, 0.3) is 0 Å². The second-order valence-corrected chi connectivity index (χ2v) is 4.82. The van der Waals surface area contributed by atoms with E-state index in [1.807, 2.05) is 0 Å². The number of rotatable bonds is 0. The lowest BCUT2D eigenvalue weighted by molar-refractivity contribution is 0.526. The first kappa shape index (κ1) is 4.52. The first-order valence-corrected chi connectivity index (χ1v) is 4.53. The molecule has 0 aromatic heterocycles. The lowest BCUT2D eigenvalue weighted by Gasteiger charge is -2.09. The number of hydrogen-bond acceptors (Lipinski definition) is 2. The van der Waals surface area contributed by atoms with E-state index in [1.54, 1.807) is 12.2 Å². The molecular formula is C2H4O2P2. The average molecular weight is 122 g/mol. The Bertz CT molecular complexity index is 128. The van der Waals surface area contributed by atoms with Gasteiger partial charge in [-0.05, 0) is 0 Å². The minimum absolute atomic E-state index is 0.770. The molecule has 1 rings (SSSR count). The quantitative estimate of drug-likeness (QED) is 0.455. The Balaban J connectivity index is 2.83. The van der Waals surface area contributed by atoms with Crippen LogP contribution in [0.25, 0.3) is 0 Å². The van der Waals surface area contributed by atoms with Crippen molar-refractivity contribution in [3.05, 3.63) is 0 Å². The van der Waals surface area contributed by atoms with E-state index < -0.39 is 7.37 Å². The second-order valence-electron chi connectivity index (χ2n) is 1.21. The van der Waals surface area contributed by atoms with E-state index in [9.17, 15) is 4.57 Å². The fourth-order valence-electron chi connectivity index (χ4n) is 0.180. The third kappa shape index (κ3) is 0.704. The molecule has 0 aromatic rings. The molecule has 0 aromatic carbocycles. The molecule has 2 nitrogen and oxygen atoms in total. The molecule has 0 saturated heterocycles. The van der Waals surface area contributed by atoms with Gasteiger partial charge in [-0.15, -0.1) is 0 Å². The van der Waals surface area contributed by atoms with Gasteiger partial charge in [0.2, 0.25) is 7.37 Å². The van der Waals surface area contributed by atoms with E-state index in [4.69, 9.17) is 0 Å². The summed E-state index contributed by atoms with van der Waals surface area (Å²) in [6.07, 6.45) is 0. The van der Waals surface area contributed by atoms with E-state index in [1.165, 1.54) is 0 Å². The minimum Gasteiger partial charge on any atom is -0.288 e. The topological polar surface area (TPSA) is 26.3 Å². The summed E-state index contributed by atoms with van der Waals surface area (Å²) >= 11 is 0. The zero-order valence-corrected chi connectivity index (χ0v) is 5.08. The van der Waals surface area contributed by atoms with Gasteiger partial charge in [-0.25, -0.2) is 0 Å². The summed E-state index contributed by atoms with van der Waals surface area (Å²) in [6, 6.07) is 0. The van der Waals surface area contributed by atoms with Crippen LogP contribution in [0.3, 0.4) is 0 Å². The molecule has 1 atom stereocenters. The highest BCUT2D eigenvalue weighted by atomic mass is 31.2. The highest BCUT2D eigenvalue weighted by molar-refractivity contribution is 7.91. The molecule has 34 valence electrons. The molecule has 1 unspecified atom stereocenters. The van der Waals surface area contributed by atoms with Crippen molar-refractivity contribution < 1.29 is 8.88 Å². The van der Waals surface area contributed by atoms with Crippen LogP contribution in [-0.2, 0) is 8.88 Å². The molecule has 0 aliphatic carbocycles. The maximum absolute atomic E-state index is 10.4. The van der Waals surface area contributed by atoms with Crippen LogP contribution in [-0.4, -0.2) is 12.2 Å². The van der Waals surface area contributed by atoms with Crippen LogP contribution in [0.2, 0.25) is 0 Å². The van der Waals surface area contributed by atoms with E-state index in [0.29, 0.717) is 0 Å². The third-order valence-electron chi connectivity index (χ3n) is 0.466. The van der Waals surface area contributed by atoms with Crippen LogP contribution in [0.4, 0.5) is 0 Å². The van der Waals surface area contributed by atoms with Gasteiger partial charge >= 0.3 is 0 Å². The summed E-state index contributed by atoms with van der Waals surface area (Å²) in [5.41, 5.74) is 1.67. The summed E-state index contributed by atoms with van der Waals surface area (Å²) < 4.78 is 15.0. The fourth-order valence-corrected chi connectivity index (χ4v) is 1.62. The van der Waals surface area contributed by atoms with Crippen LogP contribution in [0.5, 0.6) is 0 Å². The van der Waals surface area contributed by atoms with Crippen molar-refractivity contribution in [2.24, 2.45) is 0 Å². The maximum atomic E-state index is 10.4. The van der Waals surface area contributed by atoms with Crippen LogP contribution < -0.4 is 0 Å². The molecule has 6 heavy (non-hydrogen) atoms. The largest absolute Gasteiger partial charge is 0.288 e. The summed E-state index contributed by atoms with van der Waals surface area (Å²) in [7, 11) is -1.33. The molecule has 0 amide bonds. The van der Waals surface area contributed by atoms with Crippen molar-refractivity contribution in [2.45, 2.75) is 0 Å². The Labute approximate surface area is 37.8 Å². The summed E-state index contributed by atoms with van der Waals surface area (Å²) in [6.45, 7) is 1.60. The van der Waals surface area contributed by atoms with Crippen LogP contribution in [0.15, 0.2) is 0 Å². The molecule has 4 heteroatoms. The number of hydrogen-bond donors (Lipinski definition) is 0. The first-order valence-electron chi connectivity index (χ1n) is 1.51. The van der Waals surface area contributed by atoms with E-state index in [2.05, 4.69) is 4.31 Å². The van der Waals surface area contributed by atoms with Gasteiger partial charge in [0.1, 0.15) is 0 Å². The molecule has 1 heterocycles. The van der Waals surface area contributed by atoms with Gasteiger partial charge in [0.15, 0.2) is 0 Å². The molecule has 0 radical (unpaired) electrons. The van der Waals surface area contributed by atoms with Crippen LogP contribution in [0, 0.1) is 0 Å². The smallest absolute Gasteiger partial charge is 0.236 e. The lowest BCUT2D eigenvalue weighted by atomic mass is 11.9. The van der Waals surface area contributed by atoms with Gasteiger partial charge in [0, 0.05) is 6.66 Å². The SMILES string of the molecule is CP1(=O)C=PO1. The minimum atomic E-state index is -2.10. The zero-order valence-electron chi connectivity index (χ0n) is 3.29. The summed E-state index contributed by atoms with van der Waals surface area (Å²) in [5, 5.41) is 0. The highest BCUT2D eigenvalue weighted by Crippen LogP contribution is 2.53. The van der Waals surface area contributed by atoms with E-state index >= 15 is 0 Å². The van der Waals surface area contributed by atoms with Crippen molar-refractivity contribution >= 4 is 21.3 Å². The lowest BCUT2D eigenvalue weighted by Crippen LogP contribution is -1.83. The van der Waals surface area contributed by atoms with Crippen molar-refractivity contribution in [1.29, 1.82) is 0 Å². The van der Waals surface area contributed by atoms with Gasteiger partial charge < -0.3 is 0 Å². The zero-order chi connectivity index (χ0) is 4.62. The summed E-state index contributed by atoms with van der Waals surface area (Å²) in [5.74, 6) is 0. The Morgan fingerprint density at radius 2 is 2.33 bits per heavy atom. The predicted octanol–water partition coefficient (Wildman–Crippen LogP) is 1.55. The first-order chi connectivity index (χ1) is 2.71. The molecule has 0 bridgehead atoms. The molecule has 1 aliphatic heterocycles. The predicted molar refractivity (Wildman–Crippen MR) is 27.6 cm³/mol. The fraction of sp³-hybridized carbons (Fsp3) is 0.500. The normalized spacial score (nSPS) is 44.8. The monoisotopic (exact) mass is 122 g/mol. The van der Waals surface area contributed by atoms with Crippen molar-refractivity contribution in [2.75, 3.05) is 6.66 Å². The Morgan fingerprint density at radius 1 is 2.00 bits per heavy atom. The van der Waals surface area contributed by atoms with E-state index in [0.717, 1.165) is 8.43 Å². The third-order valence-corrected chi connectivity index (χ3v) is 4.20. The van der Waals surface area contributed by atoms with Gasteiger partial charge in [-0.2, -0.15) is 0 Å². The summed E-state index contributed by atoms with van der Waals surface area (Å²) in [4.78, 5) is 0. The Hall–Kier alpha value is 0.360. The molecule has 0 spiro atoms. The van der Waals surface area contributed by atoms with Crippen molar-refractivity contribution in [3.8, 4) is 0 Å². The van der Waals surface area contributed by atoms with Crippen LogP contribution in [0.1, 0.15) is 0 Å². The van der Waals surface area contributed by atoms with Gasteiger partial charge in [0.05, 0.1) is 14.0 Å². The van der Waals surface area contributed by atoms with Gasteiger partial charge in [-0.1, -0.05) is 0 Å². The standard InChI is InChI=1S/C2H4O2P2/c1-6(3)2-5-4-6/h2H,1H3. The van der Waals surface area contributed by atoms with Gasteiger partial charge in [-0.3, -0.25) is 8.88 Å². The molecule has 1 aliphatic rings. The average Bonchev–Trinajstić information content (AvgIpc) is 1.32. The Kier molecular flexibility index (Phi) is 0.876. The van der Waals surface area contributed by atoms with Crippen molar-refractivity contribution in [3.63, 3.8) is 0 Å². The second kappa shape index (κ2) is 1.16. The molecule has 0 saturated carbocycles. The molecule has 0 fully saturated rings. The Morgan fingerprint density at radius 3 is 2.33 bits per heavy atom. The van der Waals surface area contributed by atoms with Crippen LogP contribution >= 0.6 is 15.8 Å². The molecule has 0 N–H and O–H groups in total.